The van der Waals surface area contributed by atoms with Crippen LogP contribution in [0.1, 0.15) is 33.9 Å². The van der Waals surface area contributed by atoms with E-state index < -0.39 is 5.97 Å². The summed E-state index contributed by atoms with van der Waals surface area (Å²) in [4.78, 5) is 33.3. The van der Waals surface area contributed by atoms with Gasteiger partial charge >= 0.3 is 5.97 Å². The predicted molar refractivity (Wildman–Crippen MR) is 60.0 cm³/mol. The molecule has 0 saturated heterocycles. The molecule has 0 spiro atoms. The van der Waals surface area contributed by atoms with Crippen molar-refractivity contribution in [3.05, 3.63) is 16.5 Å². The summed E-state index contributed by atoms with van der Waals surface area (Å²) in [7, 11) is 0. The number of hydrogen-bond donors (Lipinski definition) is 1. The minimum absolute atomic E-state index is 0.212. The van der Waals surface area contributed by atoms with Gasteiger partial charge < -0.3 is 10.1 Å². The number of anilines is 1. The van der Waals surface area contributed by atoms with Gasteiger partial charge in [-0.2, -0.15) is 0 Å². The fourth-order valence-electron chi connectivity index (χ4n) is 1.08. The summed E-state index contributed by atoms with van der Waals surface area (Å²) in [5, 5.41) is 2.83. The van der Waals surface area contributed by atoms with Crippen molar-refractivity contribution in [3.8, 4) is 0 Å². The Morgan fingerprint density at radius 3 is 2.75 bits per heavy atom. The molecule has 86 valence electrons. The second-order valence-corrected chi connectivity index (χ2v) is 3.99. The molecule has 6 heteroatoms. The van der Waals surface area contributed by atoms with Crippen LogP contribution in [0.15, 0.2) is 6.07 Å². The second-order valence-electron chi connectivity index (χ2n) is 2.91. The molecule has 1 aromatic heterocycles. The largest absolute Gasteiger partial charge is 0.462 e. The van der Waals surface area contributed by atoms with Crippen LogP contribution in [-0.2, 0) is 9.53 Å². The number of aldehydes is 1. The van der Waals surface area contributed by atoms with Crippen molar-refractivity contribution in [2.45, 2.75) is 13.8 Å². The minimum Gasteiger partial charge on any atom is -0.462 e. The fourth-order valence-corrected chi connectivity index (χ4v) is 1.99. The molecule has 0 saturated carbocycles. The van der Waals surface area contributed by atoms with Crippen molar-refractivity contribution in [1.29, 1.82) is 0 Å². The first kappa shape index (κ1) is 12.4. The summed E-state index contributed by atoms with van der Waals surface area (Å²) in [6.07, 6.45) is 0.624. The van der Waals surface area contributed by atoms with Crippen LogP contribution in [0, 0.1) is 0 Å². The molecular weight excluding hydrogens is 230 g/mol. The Balaban J connectivity index is 3.04. The van der Waals surface area contributed by atoms with Crippen molar-refractivity contribution < 1.29 is 19.1 Å². The highest BCUT2D eigenvalue weighted by Gasteiger charge is 2.17. The first-order valence-electron chi connectivity index (χ1n) is 4.62. The van der Waals surface area contributed by atoms with Crippen LogP contribution < -0.4 is 5.32 Å². The number of nitrogens with one attached hydrogen (secondary N) is 1. The lowest BCUT2D eigenvalue weighted by Crippen LogP contribution is -2.10. The third kappa shape index (κ3) is 2.90. The maximum atomic E-state index is 11.5. The molecule has 0 atom stereocenters. The average molecular weight is 241 g/mol. The lowest BCUT2D eigenvalue weighted by Gasteiger charge is -2.03. The van der Waals surface area contributed by atoms with Crippen LogP contribution in [0.5, 0.6) is 0 Å². The van der Waals surface area contributed by atoms with Gasteiger partial charge in [-0.25, -0.2) is 4.79 Å². The van der Waals surface area contributed by atoms with Crippen LogP contribution >= 0.6 is 11.3 Å². The van der Waals surface area contributed by atoms with Crippen LogP contribution in [0.3, 0.4) is 0 Å². The molecule has 0 aromatic carbocycles. The summed E-state index contributed by atoms with van der Waals surface area (Å²) in [5.41, 5.74) is 0.212. The van der Waals surface area contributed by atoms with Crippen LogP contribution in [0.25, 0.3) is 0 Å². The molecule has 0 aliphatic heterocycles. The van der Waals surface area contributed by atoms with Crippen molar-refractivity contribution in [2.24, 2.45) is 0 Å². The Kier molecular flexibility index (Phi) is 4.19. The lowest BCUT2D eigenvalue weighted by atomic mass is 10.3. The number of rotatable bonds is 4. The highest BCUT2D eigenvalue weighted by atomic mass is 32.1. The van der Waals surface area contributed by atoms with E-state index in [-0.39, 0.29) is 18.1 Å². The number of carbonyl (C=O) groups is 3. The van der Waals surface area contributed by atoms with Crippen LogP contribution in [0.4, 0.5) is 5.00 Å². The molecule has 1 N–H and O–H groups in total. The Labute approximate surface area is 96.4 Å². The Bertz CT molecular complexity index is 424. The lowest BCUT2D eigenvalue weighted by molar-refractivity contribution is -0.114. The van der Waals surface area contributed by atoms with Crippen molar-refractivity contribution in [3.63, 3.8) is 0 Å². The summed E-state index contributed by atoms with van der Waals surface area (Å²) < 4.78 is 4.81. The van der Waals surface area contributed by atoms with Gasteiger partial charge in [0.05, 0.1) is 17.0 Å². The zero-order valence-electron chi connectivity index (χ0n) is 8.90. The second kappa shape index (κ2) is 5.41. The number of esters is 1. The molecule has 0 unspecified atom stereocenters. The number of carbonyl (C=O) groups excluding carboxylic acids is 3. The summed E-state index contributed by atoms with van der Waals surface area (Å²) >= 11 is 1.04. The third-order valence-electron chi connectivity index (χ3n) is 1.65. The maximum absolute atomic E-state index is 11.5. The standard InChI is InChI=1S/C10H11NO4S/c1-3-15-10(14)8-4-7(5-12)16-9(8)11-6(2)13/h4-5H,3H2,1-2H3,(H,11,13). The monoisotopic (exact) mass is 241 g/mol. The molecule has 0 fully saturated rings. The van der Waals surface area contributed by atoms with E-state index in [4.69, 9.17) is 4.74 Å². The SMILES string of the molecule is CCOC(=O)c1cc(C=O)sc1NC(C)=O. The van der Waals surface area contributed by atoms with Crippen LogP contribution in [-0.4, -0.2) is 24.8 Å². The predicted octanol–water partition coefficient (Wildman–Crippen LogP) is 1.70. The number of thiophene rings is 1. The summed E-state index contributed by atoms with van der Waals surface area (Å²) in [6, 6.07) is 1.40. The smallest absolute Gasteiger partial charge is 0.341 e. The Hall–Kier alpha value is -1.69. The van der Waals surface area contributed by atoms with E-state index in [0.29, 0.717) is 16.2 Å². The van der Waals surface area contributed by atoms with Crippen LogP contribution in [0.2, 0.25) is 0 Å². The quantitative estimate of drug-likeness (QED) is 0.643. The molecule has 16 heavy (non-hydrogen) atoms. The van der Waals surface area contributed by atoms with E-state index in [2.05, 4.69) is 5.32 Å². The van der Waals surface area contributed by atoms with E-state index in [0.717, 1.165) is 11.3 Å². The minimum atomic E-state index is -0.546. The maximum Gasteiger partial charge on any atom is 0.341 e. The molecule has 1 heterocycles. The first-order chi connectivity index (χ1) is 7.58. The molecule has 0 aliphatic carbocycles. The number of amides is 1. The molecule has 1 aromatic rings. The molecule has 1 rings (SSSR count). The normalized spacial score (nSPS) is 9.62. The average Bonchev–Trinajstić information content (AvgIpc) is 2.60. The van der Waals surface area contributed by atoms with Gasteiger partial charge in [0, 0.05) is 6.92 Å². The van der Waals surface area contributed by atoms with Crippen molar-refractivity contribution in [2.75, 3.05) is 11.9 Å². The van der Waals surface area contributed by atoms with E-state index >= 15 is 0 Å². The first-order valence-corrected chi connectivity index (χ1v) is 5.43. The van der Waals surface area contributed by atoms with E-state index in [1.54, 1.807) is 6.92 Å². The number of hydrogen-bond acceptors (Lipinski definition) is 5. The van der Waals surface area contributed by atoms with Gasteiger partial charge in [0.1, 0.15) is 5.00 Å². The van der Waals surface area contributed by atoms with Gasteiger partial charge in [0.2, 0.25) is 5.91 Å². The molecule has 0 bridgehead atoms. The summed E-state index contributed by atoms with van der Waals surface area (Å²) in [5.74, 6) is -0.847. The van der Waals surface area contributed by atoms with E-state index in [1.165, 1.54) is 13.0 Å². The van der Waals surface area contributed by atoms with Gasteiger partial charge in [-0.3, -0.25) is 9.59 Å². The molecule has 0 aliphatic rings. The highest BCUT2D eigenvalue weighted by Crippen LogP contribution is 2.27. The molecule has 1 amide bonds. The Morgan fingerprint density at radius 1 is 1.56 bits per heavy atom. The van der Waals surface area contributed by atoms with Gasteiger partial charge in [0.15, 0.2) is 6.29 Å². The molecule has 0 radical (unpaired) electrons. The number of ether oxygens (including phenoxy) is 1. The summed E-state index contributed by atoms with van der Waals surface area (Å²) in [6.45, 7) is 3.25. The topological polar surface area (TPSA) is 72.5 Å². The van der Waals surface area contributed by atoms with Gasteiger partial charge in [-0.15, -0.1) is 11.3 Å². The van der Waals surface area contributed by atoms with E-state index in [1.807, 2.05) is 0 Å². The molecular formula is C10H11NO4S. The fraction of sp³-hybridized carbons (Fsp3) is 0.300. The van der Waals surface area contributed by atoms with Crippen molar-refractivity contribution in [1.82, 2.24) is 0 Å². The van der Waals surface area contributed by atoms with Gasteiger partial charge in [-0.1, -0.05) is 0 Å². The Morgan fingerprint density at radius 2 is 2.25 bits per heavy atom. The zero-order valence-corrected chi connectivity index (χ0v) is 9.72. The zero-order chi connectivity index (χ0) is 12.1. The van der Waals surface area contributed by atoms with Gasteiger partial charge in [0.25, 0.3) is 0 Å². The van der Waals surface area contributed by atoms with E-state index in [9.17, 15) is 14.4 Å². The third-order valence-corrected chi connectivity index (χ3v) is 2.63. The van der Waals surface area contributed by atoms with Gasteiger partial charge in [-0.05, 0) is 13.0 Å². The highest BCUT2D eigenvalue weighted by molar-refractivity contribution is 7.18. The van der Waals surface area contributed by atoms with Crippen molar-refractivity contribution >= 4 is 34.5 Å². The molecule has 5 nitrogen and oxygen atoms in total.